The molecule has 1 heterocycles. The molecule has 0 aliphatic rings. The first-order valence-electron chi connectivity index (χ1n) is 4.51. The highest BCUT2D eigenvalue weighted by Crippen LogP contribution is 2.23. The van der Waals surface area contributed by atoms with Crippen molar-refractivity contribution in [2.75, 3.05) is 0 Å². The fourth-order valence-electron chi connectivity index (χ4n) is 1.40. The van der Waals surface area contributed by atoms with Crippen LogP contribution < -0.4 is 0 Å². The first kappa shape index (κ1) is 9.40. The smallest absolute Gasteiger partial charge is 0.169 e. The number of phenols is 1. The van der Waals surface area contributed by atoms with Gasteiger partial charge in [0.15, 0.2) is 6.29 Å². The number of carbonyl (C=O) groups is 1. The first-order chi connectivity index (χ1) is 7.31. The van der Waals surface area contributed by atoms with Gasteiger partial charge in [0.05, 0.1) is 0 Å². The van der Waals surface area contributed by atoms with Gasteiger partial charge in [-0.05, 0) is 23.8 Å². The molecule has 74 valence electrons. The van der Waals surface area contributed by atoms with Crippen LogP contribution in [-0.2, 0) is 0 Å². The second-order valence-corrected chi connectivity index (χ2v) is 3.10. The van der Waals surface area contributed by atoms with Gasteiger partial charge in [-0.25, -0.2) is 0 Å². The van der Waals surface area contributed by atoms with Crippen molar-refractivity contribution in [2.24, 2.45) is 0 Å². The number of pyridine rings is 1. The van der Waals surface area contributed by atoms with Gasteiger partial charge in [0.2, 0.25) is 0 Å². The van der Waals surface area contributed by atoms with Crippen LogP contribution in [0, 0.1) is 0 Å². The molecule has 1 N–H and O–H groups in total. The topological polar surface area (TPSA) is 50.2 Å². The minimum absolute atomic E-state index is 0.204. The van der Waals surface area contributed by atoms with Crippen LogP contribution in [0.25, 0.3) is 11.1 Å². The van der Waals surface area contributed by atoms with Crippen molar-refractivity contribution in [1.82, 2.24) is 4.98 Å². The molecule has 0 aliphatic carbocycles. The molecule has 0 aliphatic heterocycles. The molecule has 0 unspecified atom stereocenters. The average molecular weight is 199 g/mol. The van der Waals surface area contributed by atoms with Gasteiger partial charge in [-0.2, -0.15) is 0 Å². The lowest BCUT2D eigenvalue weighted by Crippen LogP contribution is -1.90. The number of rotatable bonds is 2. The van der Waals surface area contributed by atoms with E-state index < -0.39 is 0 Å². The molecule has 0 amide bonds. The highest BCUT2D eigenvalue weighted by molar-refractivity contribution is 5.85. The lowest BCUT2D eigenvalue weighted by atomic mass is 10.0. The summed E-state index contributed by atoms with van der Waals surface area (Å²) in [6.07, 6.45) is 2.30. The van der Waals surface area contributed by atoms with Gasteiger partial charge < -0.3 is 5.11 Å². The fourth-order valence-corrected chi connectivity index (χ4v) is 1.40. The molecule has 0 radical (unpaired) electrons. The summed E-state index contributed by atoms with van der Waals surface area (Å²) >= 11 is 0. The van der Waals surface area contributed by atoms with Gasteiger partial charge in [-0.15, -0.1) is 0 Å². The van der Waals surface area contributed by atoms with Crippen LogP contribution in [-0.4, -0.2) is 16.4 Å². The number of aromatic nitrogens is 1. The molecule has 1 aromatic carbocycles. The molecule has 3 nitrogen and oxygen atoms in total. The van der Waals surface area contributed by atoms with Gasteiger partial charge in [0, 0.05) is 11.8 Å². The van der Waals surface area contributed by atoms with Gasteiger partial charge >= 0.3 is 0 Å². The monoisotopic (exact) mass is 199 g/mol. The van der Waals surface area contributed by atoms with Crippen LogP contribution in [0.2, 0.25) is 0 Å². The molecule has 2 aromatic rings. The Kier molecular flexibility index (Phi) is 2.46. The number of carbonyl (C=O) groups excluding carboxylic acids is 1. The van der Waals surface area contributed by atoms with E-state index in [0.29, 0.717) is 5.69 Å². The number of hydrogen-bond donors (Lipinski definition) is 1. The summed E-state index contributed by atoms with van der Waals surface area (Å²) in [7, 11) is 0. The van der Waals surface area contributed by atoms with E-state index in [1.165, 1.54) is 0 Å². The fraction of sp³-hybridized carbons (Fsp3) is 0. The van der Waals surface area contributed by atoms with E-state index in [2.05, 4.69) is 4.98 Å². The molecular formula is C12H9NO2. The van der Waals surface area contributed by atoms with Crippen molar-refractivity contribution >= 4 is 6.29 Å². The van der Waals surface area contributed by atoms with Gasteiger partial charge in [-0.1, -0.05) is 18.2 Å². The van der Waals surface area contributed by atoms with E-state index in [4.69, 9.17) is 5.11 Å². The van der Waals surface area contributed by atoms with E-state index in [0.717, 1.165) is 17.4 Å². The Bertz CT molecular complexity index is 477. The highest BCUT2D eigenvalue weighted by Gasteiger charge is 2.04. The first-order valence-corrected chi connectivity index (χ1v) is 4.51. The van der Waals surface area contributed by atoms with Crippen LogP contribution in [0.5, 0.6) is 5.75 Å². The summed E-state index contributed by atoms with van der Waals surface area (Å²) in [5.74, 6) is 0.204. The molecule has 0 atom stereocenters. The summed E-state index contributed by atoms with van der Waals surface area (Å²) < 4.78 is 0. The minimum Gasteiger partial charge on any atom is -0.508 e. The molecule has 1 aromatic heterocycles. The summed E-state index contributed by atoms with van der Waals surface area (Å²) in [5.41, 5.74) is 2.04. The Labute approximate surface area is 87.0 Å². The lowest BCUT2D eigenvalue weighted by Gasteiger charge is -2.03. The Morgan fingerprint density at radius 3 is 2.53 bits per heavy atom. The van der Waals surface area contributed by atoms with Crippen molar-refractivity contribution in [3.05, 3.63) is 48.3 Å². The highest BCUT2D eigenvalue weighted by atomic mass is 16.3. The summed E-state index contributed by atoms with van der Waals surface area (Å²) in [5, 5.41) is 9.14. The lowest BCUT2D eigenvalue weighted by molar-refractivity contribution is 0.111. The zero-order chi connectivity index (χ0) is 10.7. The van der Waals surface area contributed by atoms with Crippen molar-refractivity contribution in [1.29, 1.82) is 0 Å². The maximum atomic E-state index is 10.8. The van der Waals surface area contributed by atoms with Gasteiger partial charge in [-0.3, -0.25) is 9.78 Å². The zero-order valence-electron chi connectivity index (χ0n) is 7.92. The third-order valence-corrected chi connectivity index (χ3v) is 2.13. The van der Waals surface area contributed by atoms with Crippen molar-refractivity contribution in [3.8, 4) is 16.9 Å². The van der Waals surface area contributed by atoms with Crippen LogP contribution in [0.15, 0.2) is 42.6 Å². The number of nitrogens with zero attached hydrogens (tertiary/aromatic N) is 1. The summed E-state index contributed by atoms with van der Waals surface area (Å²) in [4.78, 5) is 14.7. The molecule has 0 bridgehead atoms. The van der Waals surface area contributed by atoms with E-state index in [9.17, 15) is 4.79 Å². The second kappa shape index (κ2) is 3.92. The van der Waals surface area contributed by atoms with Crippen LogP contribution >= 0.6 is 0 Å². The number of hydrogen-bond acceptors (Lipinski definition) is 3. The number of phenolic OH excluding ortho intramolecular Hbond substituents is 1. The predicted molar refractivity (Wildman–Crippen MR) is 56.7 cm³/mol. The third-order valence-electron chi connectivity index (χ3n) is 2.13. The standard InChI is InChI=1S/C12H9NO2/c14-8-12-11(2-1-7-13-12)9-3-5-10(15)6-4-9/h1-8,15H. The predicted octanol–water partition coefficient (Wildman–Crippen LogP) is 2.27. The maximum absolute atomic E-state index is 10.8. The minimum atomic E-state index is 0.204. The second-order valence-electron chi connectivity index (χ2n) is 3.10. The van der Waals surface area contributed by atoms with Crippen LogP contribution in [0.3, 0.4) is 0 Å². The van der Waals surface area contributed by atoms with Gasteiger partial charge in [0.1, 0.15) is 11.4 Å². The van der Waals surface area contributed by atoms with Crippen molar-refractivity contribution < 1.29 is 9.90 Å². The Balaban J connectivity index is 2.53. The SMILES string of the molecule is O=Cc1ncccc1-c1ccc(O)cc1. The van der Waals surface area contributed by atoms with E-state index in [-0.39, 0.29) is 5.75 Å². The number of aromatic hydroxyl groups is 1. The molecular weight excluding hydrogens is 190 g/mol. The molecule has 0 saturated carbocycles. The number of aldehydes is 1. The van der Waals surface area contributed by atoms with Crippen molar-refractivity contribution in [2.45, 2.75) is 0 Å². The largest absolute Gasteiger partial charge is 0.508 e. The number of benzene rings is 1. The molecule has 0 spiro atoms. The van der Waals surface area contributed by atoms with Gasteiger partial charge in [0.25, 0.3) is 0 Å². The molecule has 15 heavy (non-hydrogen) atoms. The molecule has 0 fully saturated rings. The van der Waals surface area contributed by atoms with E-state index in [1.54, 1.807) is 36.5 Å². The average Bonchev–Trinajstić information content (AvgIpc) is 2.30. The van der Waals surface area contributed by atoms with E-state index in [1.807, 2.05) is 6.07 Å². The zero-order valence-corrected chi connectivity index (χ0v) is 7.92. The van der Waals surface area contributed by atoms with E-state index >= 15 is 0 Å². The molecule has 0 saturated heterocycles. The van der Waals surface area contributed by atoms with Crippen LogP contribution in [0.4, 0.5) is 0 Å². The summed E-state index contributed by atoms with van der Waals surface area (Å²) in [6.45, 7) is 0. The summed E-state index contributed by atoms with van der Waals surface area (Å²) in [6, 6.07) is 10.3. The quantitative estimate of drug-likeness (QED) is 0.755. The van der Waals surface area contributed by atoms with Crippen molar-refractivity contribution in [3.63, 3.8) is 0 Å². The Hall–Kier alpha value is -2.16. The molecule has 2 rings (SSSR count). The third kappa shape index (κ3) is 1.86. The molecule has 3 heteroatoms. The Morgan fingerprint density at radius 1 is 1.13 bits per heavy atom. The maximum Gasteiger partial charge on any atom is 0.169 e. The normalized spacial score (nSPS) is 9.87. The van der Waals surface area contributed by atoms with Crippen LogP contribution in [0.1, 0.15) is 10.5 Å². The Morgan fingerprint density at radius 2 is 1.87 bits per heavy atom.